The monoisotopic (exact) mass is 274 g/mol. The Bertz CT molecular complexity index is 925. The number of hydrogen-bond donors (Lipinski definition) is 0. The summed E-state index contributed by atoms with van der Waals surface area (Å²) in [5.41, 5.74) is 0. The number of halogens is 1. The molecule has 10 aliphatic heterocycles. The number of carbonyl (C=O) groups excluding carboxylic acids is 1. The fraction of sp³-hybridized carbons (Fsp3) is 0.769. The van der Waals surface area contributed by atoms with E-state index in [2.05, 4.69) is 0 Å². The van der Waals surface area contributed by atoms with Gasteiger partial charge in [-0.25, -0.2) is 0 Å². The first-order valence-corrected chi connectivity index (χ1v) is 13.2. The zero-order valence-electron chi connectivity index (χ0n) is 8.49. The van der Waals surface area contributed by atoms with Crippen LogP contribution in [-0.2, 0) is 11.3 Å². The van der Waals surface area contributed by atoms with Crippen molar-refractivity contribution in [3.05, 3.63) is 11.1 Å². The molecule has 10 rings (SSSR count). The third kappa shape index (κ3) is 0.0503. The Morgan fingerprint density at radius 2 is 1.50 bits per heavy atom. The second-order valence-corrected chi connectivity index (χ2v) is 34.3. The summed E-state index contributed by atoms with van der Waals surface area (Å²) in [6.07, 6.45) is 2.71. The molecule has 0 N–H and O–H groups in total. The fourth-order valence-corrected chi connectivity index (χ4v) is 92.8. The predicted octanol–water partition coefficient (Wildman–Crippen LogP) is 4.07. The van der Waals surface area contributed by atoms with E-state index in [0.29, 0.717) is 4.31 Å². The van der Waals surface area contributed by atoms with E-state index in [9.17, 15) is 4.79 Å². The number of fused-ring (bicyclic) bond motifs is 10. The van der Waals surface area contributed by atoms with Gasteiger partial charge in [-0.15, -0.1) is 0 Å². The molecule has 3 heteroatoms. The van der Waals surface area contributed by atoms with E-state index < -0.39 is 6.51 Å². The van der Waals surface area contributed by atoms with E-state index >= 15 is 0 Å². The van der Waals surface area contributed by atoms with Gasteiger partial charge >= 0.3 is 88.0 Å². The van der Waals surface area contributed by atoms with Crippen LogP contribution in [0.25, 0.3) is 0 Å². The van der Waals surface area contributed by atoms with Gasteiger partial charge in [0, 0.05) is 0 Å². The molecule has 4 atom stereocenters. The first-order valence-electron chi connectivity index (χ1n) is 6.55. The first-order chi connectivity index (χ1) is 7.53. The minimum absolute atomic E-state index is 0.599. The van der Waals surface area contributed by atoms with Gasteiger partial charge in [-0.1, -0.05) is 0 Å². The van der Waals surface area contributed by atoms with Crippen LogP contribution in [0.3, 0.4) is 0 Å². The predicted molar refractivity (Wildman–Crippen MR) is 56.4 cm³/mol. The number of allylic oxidation sites excluding steroid dienone is 2. The third-order valence-corrected chi connectivity index (χ3v) is 58.2. The van der Waals surface area contributed by atoms with Crippen LogP contribution in [0.4, 0.5) is 0 Å². The van der Waals surface area contributed by atoms with Crippen LogP contribution in [0.1, 0.15) is 0 Å². The maximum absolute atomic E-state index is 10.8. The Morgan fingerprint density at radius 1 is 1.00 bits per heavy atom. The summed E-state index contributed by atoms with van der Waals surface area (Å²) in [6.45, 7) is -3.01. The number of carbonyl (C=O) groups is 1. The SMILES string of the molecule is O=CC=C(Cl)[C]12[CH]3[CH]4[CH]5[CH]1[Fe]45321678[CH]2[CH]1[CH]6[CH]7[CH]28. The van der Waals surface area contributed by atoms with Gasteiger partial charge in [0.1, 0.15) is 0 Å². The fourth-order valence-electron chi connectivity index (χ4n) is 17.0. The zero-order valence-corrected chi connectivity index (χ0v) is 10.4. The average molecular weight is 275 g/mol. The van der Waals surface area contributed by atoms with E-state index in [-0.39, 0.29) is 0 Å². The van der Waals surface area contributed by atoms with Crippen molar-refractivity contribution in [3.63, 3.8) is 0 Å². The van der Waals surface area contributed by atoms with Crippen LogP contribution in [0, 0.1) is 0 Å². The Morgan fingerprint density at radius 3 is 1.75 bits per heavy atom. The van der Waals surface area contributed by atoms with Crippen molar-refractivity contribution in [2.45, 2.75) is 47.7 Å². The molecular weight excluding hydrogens is 263 g/mol. The molecule has 0 saturated carbocycles. The summed E-state index contributed by atoms with van der Waals surface area (Å²) in [7, 11) is 0. The summed E-state index contributed by atoms with van der Waals surface area (Å²) in [4.78, 5) is 22.3. The van der Waals surface area contributed by atoms with Gasteiger partial charge in [0.15, 0.2) is 0 Å². The van der Waals surface area contributed by atoms with Crippen molar-refractivity contribution in [2.24, 2.45) is 0 Å². The van der Waals surface area contributed by atoms with E-state index in [1.807, 2.05) is 0 Å². The second kappa shape index (κ2) is 0.444. The summed E-state index contributed by atoms with van der Waals surface area (Å²) in [6, 6.07) is 0. The van der Waals surface area contributed by atoms with Gasteiger partial charge in [0.25, 0.3) is 0 Å². The summed E-state index contributed by atoms with van der Waals surface area (Å²) in [5.74, 6) is 0. The normalized spacial score (nSPS) is 127. The van der Waals surface area contributed by atoms with E-state index in [1.54, 1.807) is 6.08 Å². The molecule has 10 saturated heterocycles. The third-order valence-electron chi connectivity index (χ3n) is 15.3. The molecular formula is C13H11ClFeO. The van der Waals surface area contributed by atoms with E-state index in [0.717, 1.165) is 11.3 Å². The summed E-state index contributed by atoms with van der Waals surface area (Å²) < 4.78 is 0.599. The van der Waals surface area contributed by atoms with Gasteiger partial charge in [0.2, 0.25) is 0 Å². The van der Waals surface area contributed by atoms with Crippen LogP contribution in [0.5, 0.6) is 0 Å². The van der Waals surface area contributed by atoms with Crippen molar-refractivity contribution in [2.75, 3.05) is 0 Å². The molecule has 1 nitrogen and oxygen atoms in total. The number of rotatable bonds is 2. The molecule has 0 aromatic rings. The molecule has 84 valence electrons. The summed E-state index contributed by atoms with van der Waals surface area (Å²) >= 11 is 6.65. The Kier molecular flexibility index (Phi) is 0.164. The van der Waals surface area contributed by atoms with E-state index in [4.69, 9.17) is 11.6 Å². The molecule has 10 fully saturated rings. The molecule has 1 spiro atoms. The summed E-state index contributed by atoms with van der Waals surface area (Å²) in [5, 5.41) is 1.08. The Hall–Kier alpha value is 0.219. The molecule has 16 heavy (non-hydrogen) atoms. The Labute approximate surface area is 87.9 Å². The van der Waals surface area contributed by atoms with Crippen LogP contribution >= 0.6 is 11.6 Å². The first kappa shape index (κ1) is 5.91. The average Bonchev–Trinajstić information content (AvgIpc) is 3.23. The van der Waals surface area contributed by atoms with Gasteiger partial charge in [0.05, 0.1) is 0 Å². The molecule has 10 heterocycles. The van der Waals surface area contributed by atoms with Gasteiger partial charge < -0.3 is 0 Å². The van der Waals surface area contributed by atoms with Crippen molar-refractivity contribution in [1.82, 2.24) is 0 Å². The molecule has 0 aliphatic carbocycles. The second-order valence-electron chi connectivity index (χ2n) is 10.3. The molecule has 0 radical (unpaired) electrons. The van der Waals surface area contributed by atoms with Crippen LogP contribution in [0.2, 0.25) is 47.7 Å². The van der Waals surface area contributed by atoms with E-state index in [1.165, 1.54) is 43.3 Å². The van der Waals surface area contributed by atoms with Crippen molar-refractivity contribution >= 4 is 17.9 Å². The van der Waals surface area contributed by atoms with Gasteiger partial charge in [-0.3, -0.25) is 0 Å². The maximum atomic E-state index is 10.8. The molecule has 0 bridgehead atoms. The molecule has 10 aliphatic rings. The standard InChI is InChI=1S/C8H6ClO.C5H5.Fe/c9-8(5-6-10)7-3-1-2-4-7;1-2-4-5-3-1;/h1-6H;1-5H;. The minimum atomic E-state index is -3.01. The van der Waals surface area contributed by atoms with Gasteiger partial charge in [-0.05, 0) is 0 Å². The van der Waals surface area contributed by atoms with Crippen molar-refractivity contribution in [3.8, 4) is 0 Å². The number of hydrogen-bond acceptors (Lipinski definition) is 1. The van der Waals surface area contributed by atoms with Crippen molar-refractivity contribution in [1.29, 1.82) is 0 Å². The molecule has 0 amide bonds. The Balaban J connectivity index is 1.72. The van der Waals surface area contributed by atoms with Crippen molar-refractivity contribution < 1.29 is 11.3 Å². The zero-order chi connectivity index (χ0) is 10.0. The van der Waals surface area contributed by atoms with Crippen LogP contribution in [-0.4, -0.2) is 6.29 Å². The van der Waals surface area contributed by atoms with Gasteiger partial charge in [-0.2, -0.15) is 0 Å². The van der Waals surface area contributed by atoms with Crippen LogP contribution < -0.4 is 0 Å². The molecule has 0 aromatic carbocycles. The van der Waals surface area contributed by atoms with Crippen LogP contribution in [0.15, 0.2) is 11.1 Å². The molecule has 4 unspecified atom stereocenters. The topological polar surface area (TPSA) is 17.1 Å². The quantitative estimate of drug-likeness (QED) is 0.421. The molecule has 0 aromatic heterocycles. The number of aldehydes is 1.